The van der Waals surface area contributed by atoms with E-state index in [0.717, 1.165) is 16.7 Å². The van der Waals surface area contributed by atoms with E-state index < -0.39 is 63.5 Å². The van der Waals surface area contributed by atoms with E-state index in [9.17, 15) is 38.7 Å². The van der Waals surface area contributed by atoms with Crippen LogP contribution >= 0.6 is 11.8 Å². The van der Waals surface area contributed by atoms with Crippen LogP contribution in [0.5, 0.6) is 11.5 Å². The Hall–Kier alpha value is -4.54. The lowest BCUT2D eigenvalue weighted by Crippen LogP contribution is -2.79. The quantitative estimate of drug-likeness (QED) is 0.154. The van der Waals surface area contributed by atoms with Gasteiger partial charge < -0.3 is 35.4 Å². The number of β-lactam (4-membered cyclic amide) rings is 1. The number of hydrogen-bond acceptors (Lipinski definition) is 10. The first-order chi connectivity index (χ1) is 19.9. The maximum Gasteiger partial charge on any atom is 0.352 e. The van der Waals surface area contributed by atoms with Gasteiger partial charge in [0, 0.05) is 19.6 Å². The fourth-order valence-electron chi connectivity index (χ4n) is 5.50. The third-order valence-electron chi connectivity index (χ3n) is 7.76. The fourth-order valence-corrected chi connectivity index (χ4v) is 7.21. The number of ether oxygens (including phenoxy) is 2. The SMILES string of the molecule is CCN1CCN(C(=O)NC(C(=O)N[C@@H]2C(=O)N3[C@@H]2SC(C)(C)[C@]3(NC=O)C(=O)O)c2ccc3c(c2)OCO3)C(=O)C1=O. The average molecular weight is 605 g/mol. The zero-order chi connectivity index (χ0) is 30.6. The van der Waals surface area contributed by atoms with Crippen molar-refractivity contribution >= 4 is 53.8 Å². The summed E-state index contributed by atoms with van der Waals surface area (Å²) in [5.41, 5.74) is -1.83. The third kappa shape index (κ3) is 4.26. The number of carboxylic acid groups (broad SMARTS) is 1. The minimum Gasteiger partial charge on any atom is -0.478 e. The van der Waals surface area contributed by atoms with E-state index in [0.29, 0.717) is 16.4 Å². The van der Waals surface area contributed by atoms with Crippen molar-refractivity contribution in [3.8, 4) is 11.5 Å². The van der Waals surface area contributed by atoms with Gasteiger partial charge in [0.05, 0.1) is 4.75 Å². The molecular weight excluding hydrogens is 576 g/mol. The summed E-state index contributed by atoms with van der Waals surface area (Å²) in [6.45, 7) is 5.07. The molecule has 42 heavy (non-hydrogen) atoms. The van der Waals surface area contributed by atoms with Crippen molar-refractivity contribution in [3.05, 3.63) is 23.8 Å². The van der Waals surface area contributed by atoms with Crippen LogP contribution in [0.1, 0.15) is 32.4 Å². The van der Waals surface area contributed by atoms with Crippen LogP contribution in [0.2, 0.25) is 0 Å². The Kier molecular flexibility index (Phi) is 7.16. The molecule has 1 aromatic carbocycles. The summed E-state index contributed by atoms with van der Waals surface area (Å²) >= 11 is 1.08. The lowest BCUT2D eigenvalue weighted by atomic mass is 9.88. The van der Waals surface area contributed by atoms with Crippen molar-refractivity contribution in [2.45, 2.75) is 48.6 Å². The zero-order valence-corrected chi connectivity index (χ0v) is 23.6. The fraction of sp³-hybridized carbons (Fsp3) is 0.480. The van der Waals surface area contributed by atoms with Crippen molar-refractivity contribution in [1.82, 2.24) is 30.7 Å². The molecule has 0 spiro atoms. The number of amides is 7. The second-order valence-corrected chi connectivity index (χ2v) is 12.1. The number of piperazine rings is 1. The average Bonchev–Trinajstić information content (AvgIpc) is 3.50. The van der Waals surface area contributed by atoms with Crippen LogP contribution < -0.4 is 25.4 Å². The van der Waals surface area contributed by atoms with Gasteiger partial charge in [-0.2, -0.15) is 0 Å². The molecule has 16 nitrogen and oxygen atoms in total. The number of benzene rings is 1. The Morgan fingerprint density at radius 3 is 2.52 bits per heavy atom. The molecule has 0 radical (unpaired) electrons. The molecule has 0 saturated carbocycles. The van der Waals surface area contributed by atoms with Crippen molar-refractivity contribution in [1.29, 1.82) is 0 Å². The molecule has 5 rings (SSSR count). The molecule has 3 fully saturated rings. The van der Waals surface area contributed by atoms with E-state index in [4.69, 9.17) is 9.47 Å². The molecule has 0 aliphatic carbocycles. The Bertz CT molecular complexity index is 1400. The Balaban J connectivity index is 1.40. The van der Waals surface area contributed by atoms with Crippen molar-refractivity contribution < 1.29 is 48.1 Å². The van der Waals surface area contributed by atoms with Gasteiger partial charge in [0.2, 0.25) is 24.8 Å². The van der Waals surface area contributed by atoms with Crippen molar-refractivity contribution in [2.75, 3.05) is 26.4 Å². The molecule has 4 heterocycles. The largest absolute Gasteiger partial charge is 0.478 e. The number of likely N-dealkylation sites (N-methyl/N-ethyl adjacent to an activating group) is 1. The first-order valence-corrected chi connectivity index (χ1v) is 13.8. The molecule has 4 aliphatic rings. The van der Waals surface area contributed by atoms with E-state index in [1.165, 1.54) is 23.1 Å². The van der Waals surface area contributed by atoms with Crippen LogP contribution in [-0.4, -0.2) is 110 Å². The number of urea groups is 1. The van der Waals surface area contributed by atoms with E-state index in [1.807, 2.05) is 0 Å². The summed E-state index contributed by atoms with van der Waals surface area (Å²) in [5, 5.41) is 16.5. The minimum atomic E-state index is -2.05. The lowest BCUT2D eigenvalue weighted by Gasteiger charge is -2.49. The Labute approximate surface area is 243 Å². The van der Waals surface area contributed by atoms with Crippen LogP contribution in [0.25, 0.3) is 0 Å². The van der Waals surface area contributed by atoms with Crippen LogP contribution in [-0.2, 0) is 28.8 Å². The van der Waals surface area contributed by atoms with Gasteiger partial charge in [0.1, 0.15) is 17.5 Å². The summed E-state index contributed by atoms with van der Waals surface area (Å²) in [5.74, 6) is -4.24. The number of fused-ring (bicyclic) bond motifs is 2. The summed E-state index contributed by atoms with van der Waals surface area (Å²) in [6.07, 6.45) is 0.204. The first-order valence-electron chi connectivity index (χ1n) is 12.9. The number of carboxylic acids is 1. The maximum atomic E-state index is 13.7. The topological polar surface area (TPSA) is 204 Å². The maximum absolute atomic E-state index is 13.7. The predicted molar refractivity (Wildman–Crippen MR) is 142 cm³/mol. The second-order valence-electron chi connectivity index (χ2n) is 10.3. The first kappa shape index (κ1) is 29.0. The number of nitrogens with one attached hydrogen (secondary N) is 3. The number of aliphatic carboxylic acids is 1. The number of imide groups is 1. The van der Waals surface area contributed by atoms with Gasteiger partial charge >= 0.3 is 23.8 Å². The highest BCUT2D eigenvalue weighted by molar-refractivity contribution is 8.01. The Morgan fingerprint density at radius 2 is 1.86 bits per heavy atom. The van der Waals surface area contributed by atoms with Gasteiger partial charge in [0.25, 0.3) is 5.91 Å². The smallest absolute Gasteiger partial charge is 0.352 e. The van der Waals surface area contributed by atoms with Gasteiger partial charge in [-0.05, 0) is 38.5 Å². The van der Waals surface area contributed by atoms with E-state index in [-0.39, 0.29) is 38.4 Å². The molecule has 224 valence electrons. The highest BCUT2D eigenvalue weighted by Crippen LogP contribution is 2.55. The van der Waals surface area contributed by atoms with Crippen molar-refractivity contribution in [3.63, 3.8) is 0 Å². The second kappa shape index (κ2) is 10.4. The molecule has 17 heteroatoms. The number of carbonyl (C=O) groups excluding carboxylic acids is 6. The molecule has 0 bridgehead atoms. The predicted octanol–water partition coefficient (Wildman–Crippen LogP) is -1.44. The van der Waals surface area contributed by atoms with Crippen LogP contribution in [0, 0.1) is 0 Å². The molecule has 1 unspecified atom stereocenters. The summed E-state index contributed by atoms with van der Waals surface area (Å²) in [6, 6.07) is 0.821. The minimum absolute atomic E-state index is 0.0540. The van der Waals surface area contributed by atoms with Gasteiger partial charge in [-0.25, -0.2) is 9.59 Å². The van der Waals surface area contributed by atoms with Crippen LogP contribution in [0.15, 0.2) is 18.2 Å². The number of carbonyl (C=O) groups is 7. The zero-order valence-electron chi connectivity index (χ0n) is 22.7. The normalized spacial score (nSPS) is 26.3. The molecule has 0 aromatic heterocycles. The molecular formula is C25H28N6O10S. The molecule has 1 aromatic rings. The van der Waals surface area contributed by atoms with E-state index in [1.54, 1.807) is 20.8 Å². The van der Waals surface area contributed by atoms with Gasteiger partial charge in [0.15, 0.2) is 11.5 Å². The van der Waals surface area contributed by atoms with Crippen molar-refractivity contribution in [2.24, 2.45) is 0 Å². The number of rotatable bonds is 8. The van der Waals surface area contributed by atoms with Gasteiger partial charge in [-0.15, -0.1) is 11.8 Å². The standard InChI is InChI=1S/C25H28N6O10S/c1-4-29-7-8-30(20(36)19(29)35)23(39)28-15(12-5-6-13-14(9-12)41-11-40-13)17(33)27-16-18(34)31-21(16)42-24(2,3)25(31,22(37)38)26-10-32/h5-6,9-10,15-16,21H,4,7-8,11H2,1-3H3,(H,26,32)(H,27,33)(H,28,39)(H,37,38)/t15?,16-,21-,25+/m1/s1. The van der Waals surface area contributed by atoms with Crippen LogP contribution in [0.3, 0.4) is 0 Å². The van der Waals surface area contributed by atoms with E-state index in [2.05, 4.69) is 16.0 Å². The monoisotopic (exact) mass is 604 g/mol. The number of hydrogen-bond donors (Lipinski definition) is 4. The summed E-state index contributed by atoms with van der Waals surface area (Å²) in [4.78, 5) is 91.7. The summed E-state index contributed by atoms with van der Waals surface area (Å²) < 4.78 is 9.52. The molecule has 4 N–H and O–H groups in total. The lowest BCUT2D eigenvalue weighted by molar-refractivity contribution is -0.175. The Morgan fingerprint density at radius 1 is 1.14 bits per heavy atom. The van der Waals surface area contributed by atoms with Gasteiger partial charge in [-0.3, -0.25) is 33.8 Å². The summed E-state index contributed by atoms with van der Waals surface area (Å²) in [7, 11) is 0. The van der Waals surface area contributed by atoms with Crippen LogP contribution in [0.4, 0.5) is 4.79 Å². The molecule has 4 atom stereocenters. The number of thioether (sulfide) groups is 1. The number of nitrogens with zero attached hydrogens (tertiary/aromatic N) is 3. The molecule has 3 saturated heterocycles. The third-order valence-corrected chi connectivity index (χ3v) is 9.37. The highest BCUT2D eigenvalue weighted by atomic mass is 32.2. The highest BCUT2D eigenvalue weighted by Gasteiger charge is 2.73. The van der Waals surface area contributed by atoms with Gasteiger partial charge in [-0.1, -0.05) is 6.07 Å². The van der Waals surface area contributed by atoms with E-state index >= 15 is 0 Å². The molecule has 7 amide bonds. The molecule has 4 aliphatic heterocycles.